The van der Waals surface area contributed by atoms with Crippen LogP contribution in [-0.2, 0) is 4.74 Å². The van der Waals surface area contributed by atoms with Crippen molar-refractivity contribution in [1.82, 2.24) is 0 Å². The molecule has 25 heavy (non-hydrogen) atoms. The third-order valence-electron chi connectivity index (χ3n) is 5.03. The van der Waals surface area contributed by atoms with Crippen molar-refractivity contribution in [3.63, 3.8) is 0 Å². The lowest BCUT2D eigenvalue weighted by molar-refractivity contribution is 0.0422. The molecule has 1 unspecified atom stereocenters. The van der Waals surface area contributed by atoms with Crippen molar-refractivity contribution in [2.45, 2.75) is 136 Å². The van der Waals surface area contributed by atoms with Gasteiger partial charge < -0.3 is 9.84 Å². The molecule has 3 nitrogen and oxygen atoms in total. The van der Waals surface area contributed by atoms with Crippen molar-refractivity contribution in [3.05, 3.63) is 0 Å². The molecule has 0 rings (SSSR count). The molecule has 0 bridgehead atoms. The summed E-state index contributed by atoms with van der Waals surface area (Å²) in [6.45, 7) is 4.46. The van der Waals surface area contributed by atoms with Gasteiger partial charge in [0.05, 0.1) is 0 Å². The molecule has 1 N–H and O–H groups in total. The SMILES string of the molecule is CCCCCCCCCCCCCCC(CCCCCC)OC(=O)O. The van der Waals surface area contributed by atoms with Crippen LogP contribution in [0.15, 0.2) is 0 Å². The van der Waals surface area contributed by atoms with Crippen molar-refractivity contribution in [2.24, 2.45) is 0 Å². The summed E-state index contributed by atoms with van der Waals surface area (Å²) < 4.78 is 5.05. The Bertz CT molecular complexity index is 278. The highest BCUT2D eigenvalue weighted by molar-refractivity contribution is 5.57. The van der Waals surface area contributed by atoms with Crippen LogP contribution in [0.4, 0.5) is 4.79 Å². The molecule has 0 saturated heterocycles. The van der Waals surface area contributed by atoms with E-state index in [2.05, 4.69) is 13.8 Å². The average Bonchev–Trinajstić information content (AvgIpc) is 2.59. The lowest BCUT2D eigenvalue weighted by Gasteiger charge is -2.15. The Hall–Kier alpha value is -0.730. The summed E-state index contributed by atoms with van der Waals surface area (Å²) in [7, 11) is 0. The lowest BCUT2D eigenvalue weighted by atomic mass is 10.0. The molecule has 0 amide bonds. The third kappa shape index (κ3) is 19.4. The highest BCUT2D eigenvalue weighted by atomic mass is 16.7. The topological polar surface area (TPSA) is 46.5 Å². The van der Waals surface area contributed by atoms with Gasteiger partial charge in [0, 0.05) is 0 Å². The summed E-state index contributed by atoms with van der Waals surface area (Å²) in [4.78, 5) is 10.8. The normalized spacial score (nSPS) is 12.2. The van der Waals surface area contributed by atoms with E-state index in [1.54, 1.807) is 0 Å². The van der Waals surface area contributed by atoms with Gasteiger partial charge in [-0.3, -0.25) is 0 Å². The molecule has 0 aromatic carbocycles. The second kappa shape index (κ2) is 19.6. The first kappa shape index (κ1) is 24.3. The van der Waals surface area contributed by atoms with Crippen molar-refractivity contribution in [1.29, 1.82) is 0 Å². The number of hydrogen-bond donors (Lipinski definition) is 1. The van der Waals surface area contributed by atoms with E-state index in [0.717, 1.165) is 25.7 Å². The third-order valence-corrected chi connectivity index (χ3v) is 5.03. The Kier molecular flexibility index (Phi) is 19.0. The molecule has 3 heteroatoms. The van der Waals surface area contributed by atoms with Crippen molar-refractivity contribution < 1.29 is 14.6 Å². The number of hydrogen-bond acceptors (Lipinski definition) is 2. The first-order valence-corrected chi connectivity index (χ1v) is 11.1. The Labute approximate surface area is 156 Å². The Morgan fingerprint density at radius 2 is 0.960 bits per heavy atom. The fraction of sp³-hybridized carbons (Fsp3) is 0.955. The van der Waals surface area contributed by atoms with E-state index < -0.39 is 6.16 Å². The van der Waals surface area contributed by atoms with Crippen molar-refractivity contribution >= 4 is 6.16 Å². The van der Waals surface area contributed by atoms with Gasteiger partial charge in [0.15, 0.2) is 0 Å². The lowest BCUT2D eigenvalue weighted by Crippen LogP contribution is -2.16. The fourth-order valence-electron chi connectivity index (χ4n) is 3.42. The van der Waals surface area contributed by atoms with Crippen LogP contribution in [0.3, 0.4) is 0 Å². The number of ether oxygens (including phenoxy) is 1. The van der Waals surface area contributed by atoms with Crippen LogP contribution in [-0.4, -0.2) is 17.4 Å². The number of carboxylic acid groups (broad SMARTS) is 1. The monoisotopic (exact) mass is 356 g/mol. The van der Waals surface area contributed by atoms with E-state index in [9.17, 15) is 4.79 Å². The van der Waals surface area contributed by atoms with Gasteiger partial charge in [-0.25, -0.2) is 4.79 Å². The summed E-state index contributed by atoms with van der Waals surface area (Å²) in [5, 5.41) is 8.86. The quantitative estimate of drug-likeness (QED) is 0.188. The van der Waals surface area contributed by atoms with E-state index in [0.29, 0.717) is 0 Å². The Balaban J connectivity index is 3.46. The predicted octanol–water partition coefficient (Wildman–Crippen LogP) is 8.11. The van der Waals surface area contributed by atoms with Crippen molar-refractivity contribution in [3.8, 4) is 0 Å². The van der Waals surface area contributed by atoms with E-state index >= 15 is 0 Å². The predicted molar refractivity (Wildman–Crippen MR) is 107 cm³/mol. The molecule has 0 spiro atoms. The van der Waals surface area contributed by atoms with Gasteiger partial charge in [-0.1, -0.05) is 104 Å². The average molecular weight is 357 g/mol. The van der Waals surface area contributed by atoms with E-state index in [4.69, 9.17) is 9.84 Å². The first-order valence-electron chi connectivity index (χ1n) is 11.1. The molecule has 0 aliphatic rings. The molecule has 0 radical (unpaired) electrons. The second-order valence-corrected chi connectivity index (χ2v) is 7.53. The summed E-state index contributed by atoms with van der Waals surface area (Å²) in [6, 6.07) is 0. The van der Waals surface area contributed by atoms with Crippen LogP contribution >= 0.6 is 0 Å². The van der Waals surface area contributed by atoms with Crippen LogP contribution in [0.25, 0.3) is 0 Å². The maximum atomic E-state index is 10.8. The minimum atomic E-state index is -1.11. The standard InChI is InChI=1S/C22H44O3/c1-3-5-7-9-10-11-12-13-14-15-16-18-20-21(25-22(23)24)19-17-8-6-4-2/h21H,3-20H2,1-2H3,(H,23,24). The molecule has 0 heterocycles. The number of rotatable bonds is 19. The zero-order valence-electron chi connectivity index (χ0n) is 17.1. The van der Waals surface area contributed by atoms with Gasteiger partial charge in [0.1, 0.15) is 6.10 Å². The van der Waals surface area contributed by atoms with Crippen molar-refractivity contribution in [2.75, 3.05) is 0 Å². The highest BCUT2D eigenvalue weighted by Crippen LogP contribution is 2.17. The van der Waals surface area contributed by atoms with Crippen LogP contribution in [0.2, 0.25) is 0 Å². The summed E-state index contributed by atoms with van der Waals surface area (Å²) in [5.41, 5.74) is 0. The molecule has 0 saturated carbocycles. The molecule has 0 fully saturated rings. The van der Waals surface area contributed by atoms with E-state index in [1.807, 2.05) is 0 Å². The highest BCUT2D eigenvalue weighted by Gasteiger charge is 2.12. The van der Waals surface area contributed by atoms with E-state index in [1.165, 1.54) is 89.9 Å². The fourth-order valence-corrected chi connectivity index (χ4v) is 3.42. The van der Waals surface area contributed by atoms with Crippen LogP contribution in [0.5, 0.6) is 0 Å². The molecule has 0 aliphatic carbocycles. The Morgan fingerprint density at radius 3 is 1.32 bits per heavy atom. The largest absolute Gasteiger partial charge is 0.506 e. The van der Waals surface area contributed by atoms with Gasteiger partial charge in [0.25, 0.3) is 0 Å². The molecule has 1 atom stereocenters. The molecule has 150 valence electrons. The van der Waals surface area contributed by atoms with Gasteiger partial charge in [-0.05, 0) is 25.7 Å². The smallest absolute Gasteiger partial charge is 0.450 e. The molecule has 0 aliphatic heterocycles. The maximum absolute atomic E-state index is 10.8. The summed E-state index contributed by atoms with van der Waals surface area (Å²) in [5.74, 6) is 0. The Morgan fingerprint density at radius 1 is 0.640 bits per heavy atom. The van der Waals surface area contributed by atoms with Crippen LogP contribution < -0.4 is 0 Å². The second-order valence-electron chi connectivity index (χ2n) is 7.53. The number of carbonyl (C=O) groups is 1. The van der Waals surface area contributed by atoms with E-state index in [-0.39, 0.29) is 6.10 Å². The van der Waals surface area contributed by atoms with Gasteiger partial charge >= 0.3 is 6.16 Å². The maximum Gasteiger partial charge on any atom is 0.506 e. The van der Waals surface area contributed by atoms with Gasteiger partial charge in [-0.15, -0.1) is 0 Å². The molecular weight excluding hydrogens is 312 g/mol. The van der Waals surface area contributed by atoms with Crippen LogP contribution in [0, 0.1) is 0 Å². The minimum absolute atomic E-state index is 0.0857. The minimum Gasteiger partial charge on any atom is -0.450 e. The zero-order chi connectivity index (χ0) is 18.6. The number of unbranched alkanes of at least 4 members (excludes halogenated alkanes) is 14. The van der Waals surface area contributed by atoms with Gasteiger partial charge in [-0.2, -0.15) is 0 Å². The summed E-state index contributed by atoms with van der Waals surface area (Å²) >= 11 is 0. The van der Waals surface area contributed by atoms with Crippen LogP contribution in [0.1, 0.15) is 129 Å². The van der Waals surface area contributed by atoms with Gasteiger partial charge in [0.2, 0.25) is 0 Å². The summed E-state index contributed by atoms with van der Waals surface area (Å²) in [6.07, 6.45) is 21.3. The first-order chi connectivity index (χ1) is 12.2. The molecule has 0 aromatic heterocycles. The molecular formula is C22H44O3. The molecule has 0 aromatic rings. The zero-order valence-corrected chi connectivity index (χ0v) is 17.1.